The van der Waals surface area contributed by atoms with Crippen LogP contribution >= 0.6 is 0 Å². The Morgan fingerprint density at radius 2 is 2.00 bits per heavy atom. The van der Waals surface area contributed by atoms with Crippen LogP contribution in [0.25, 0.3) is 0 Å². The summed E-state index contributed by atoms with van der Waals surface area (Å²) < 4.78 is 2.57. The highest BCUT2D eigenvalue weighted by Gasteiger charge is 2.38. The molecule has 0 bridgehead atoms. The molecule has 1 saturated carbocycles. The van der Waals surface area contributed by atoms with Crippen molar-refractivity contribution in [2.75, 3.05) is 11.1 Å². The lowest BCUT2D eigenvalue weighted by Crippen LogP contribution is -2.41. The van der Waals surface area contributed by atoms with E-state index in [9.17, 15) is 9.59 Å². The summed E-state index contributed by atoms with van der Waals surface area (Å²) in [5.41, 5.74) is 5.56. The van der Waals surface area contributed by atoms with Crippen LogP contribution in [0.4, 0.5) is 11.5 Å². The summed E-state index contributed by atoms with van der Waals surface area (Å²) in [6.45, 7) is 4.53. The molecule has 6 nitrogen and oxygen atoms in total. The van der Waals surface area contributed by atoms with E-state index in [1.165, 1.54) is 11.6 Å². The van der Waals surface area contributed by atoms with Crippen LogP contribution in [0.2, 0.25) is 0 Å². The first-order chi connectivity index (χ1) is 8.39. The minimum atomic E-state index is -0.356. The van der Waals surface area contributed by atoms with Gasteiger partial charge in [0.15, 0.2) is 0 Å². The number of nitrogens with one attached hydrogen (secondary N) is 1. The van der Waals surface area contributed by atoms with Gasteiger partial charge in [0.05, 0.1) is 0 Å². The van der Waals surface area contributed by atoms with Crippen LogP contribution in [0.1, 0.15) is 33.1 Å². The standard InChI is InChI=1S/C12H20N4O2/c1-4-7-16-9(13)8(14-12(2)5-6-12)10(17)15(3)11(16)18/h14H,4-7,13H2,1-3H3. The lowest BCUT2D eigenvalue weighted by atomic mass is 10.3. The molecule has 100 valence electrons. The summed E-state index contributed by atoms with van der Waals surface area (Å²) >= 11 is 0. The normalized spacial score (nSPS) is 16.6. The first-order valence-electron chi connectivity index (χ1n) is 6.27. The van der Waals surface area contributed by atoms with Crippen molar-refractivity contribution in [2.24, 2.45) is 7.05 Å². The van der Waals surface area contributed by atoms with E-state index in [0.717, 1.165) is 23.8 Å². The molecule has 0 saturated heterocycles. The highest BCUT2D eigenvalue weighted by atomic mass is 16.2. The molecule has 0 spiro atoms. The molecule has 0 aliphatic heterocycles. The van der Waals surface area contributed by atoms with Gasteiger partial charge < -0.3 is 11.1 Å². The Morgan fingerprint density at radius 3 is 2.50 bits per heavy atom. The Kier molecular flexibility index (Phi) is 2.96. The maximum absolute atomic E-state index is 12.1. The Balaban J connectivity index is 2.57. The van der Waals surface area contributed by atoms with Crippen molar-refractivity contribution in [3.8, 4) is 0 Å². The summed E-state index contributed by atoms with van der Waals surface area (Å²) in [6.07, 6.45) is 2.82. The van der Waals surface area contributed by atoms with Crippen LogP contribution < -0.4 is 22.3 Å². The zero-order valence-corrected chi connectivity index (χ0v) is 11.1. The van der Waals surface area contributed by atoms with Crippen LogP contribution in [-0.2, 0) is 13.6 Å². The number of nitrogen functional groups attached to an aromatic ring is 1. The van der Waals surface area contributed by atoms with Gasteiger partial charge >= 0.3 is 5.69 Å². The van der Waals surface area contributed by atoms with E-state index in [0.29, 0.717) is 12.2 Å². The quantitative estimate of drug-likeness (QED) is 0.817. The molecule has 0 amide bonds. The molecule has 1 heterocycles. The molecule has 3 N–H and O–H groups in total. The number of hydrogen-bond donors (Lipinski definition) is 2. The fraction of sp³-hybridized carbons (Fsp3) is 0.667. The fourth-order valence-electron chi connectivity index (χ4n) is 1.95. The second-order valence-corrected chi connectivity index (χ2v) is 5.24. The van der Waals surface area contributed by atoms with Gasteiger partial charge in [-0.1, -0.05) is 6.92 Å². The number of rotatable bonds is 4. The second kappa shape index (κ2) is 4.19. The molecule has 1 aliphatic rings. The van der Waals surface area contributed by atoms with Crippen LogP contribution in [0.5, 0.6) is 0 Å². The van der Waals surface area contributed by atoms with Crippen molar-refractivity contribution >= 4 is 11.5 Å². The van der Waals surface area contributed by atoms with Gasteiger partial charge in [-0.05, 0) is 26.2 Å². The van der Waals surface area contributed by atoms with Crippen LogP contribution in [-0.4, -0.2) is 14.7 Å². The molecule has 1 aliphatic carbocycles. The molecule has 0 radical (unpaired) electrons. The largest absolute Gasteiger partial charge is 0.383 e. The van der Waals surface area contributed by atoms with E-state index in [4.69, 9.17) is 5.73 Å². The van der Waals surface area contributed by atoms with Gasteiger partial charge in [0.25, 0.3) is 5.56 Å². The fourth-order valence-corrected chi connectivity index (χ4v) is 1.95. The van der Waals surface area contributed by atoms with E-state index in [-0.39, 0.29) is 22.6 Å². The van der Waals surface area contributed by atoms with Crippen molar-refractivity contribution in [3.63, 3.8) is 0 Å². The van der Waals surface area contributed by atoms with Gasteiger partial charge in [-0.15, -0.1) is 0 Å². The summed E-state index contributed by atoms with van der Waals surface area (Å²) in [7, 11) is 1.48. The average molecular weight is 252 g/mol. The van der Waals surface area contributed by atoms with Crippen LogP contribution in [0.3, 0.4) is 0 Å². The molecular weight excluding hydrogens is 232 g/mol. The Labute approximate surface area is 105 Å². The van der Waals surface area contributed by atoms with Crippen molar-refractivity contribution in [1.29, 1.82) is 0 Å². The third-order valence-corrected chi connectivity index (χ3v) is 3.46. The zero-order chi connectivity index (χ0) is 13.5. The van der Waals surface area contributed by atoms with Gasteiger partial charge in [-0.25, -0.2) is 4.79 Å². The Hall–Kier alpha value is -1.72. The number of aromatic nitrogens is 2. The maximum Gasteiger partial charge on any atom is 0.332 e. The van der Waals surface area contributed by atoms with E-state index in [2.05, 4.69) is 5.32 Å². The van der Waals surface area contributed by atoms with E-state index in [1.807, 2.05) is 13.8 Å². The third-order valence-electron chi connectivity index (χ3n) is 3.46. The Bertz CT molecular complexity index is 581. The summed E-state index contributed by atoms with van der Waals surface area (Å²) in [6, 6.07) is 0. The van der Waals surface area contributed by atoms with Gasteiger partial charge in [0, 0.05) is 19.1 Å². The highest BCUT2D eigenvalue weighted by molar-refractivity contribution is 5.62. The zero-order valence-electron chi connectivity index (χ0n) is 11.1. The lowest BCUT2D eigenvalue weighted by Gasteiger charge is -2.18. The molecule has 18 heavy (non-hydrogen) atoms. The lowest BCUT2D eigenvalue weighted by molar-refractivity contribution is 0.599. The number of hydrogen-bond acceptors (Lipinski definition) is 4. The van der Waals surface area contributed by atoms with Crippen molar-refractivity contribution < 1.29 is 0 Å². The van der Waals surface area contributed by atoms with E-state index < -0.39 is 0 Å². The smallest absolute Gasteiger partial charge is 0.332 e. The summed E-state index contributed by atoms with van der Waals surface area (Å²) in [5, 5.41) is 3.18. The average Bonchev–Trinajstić information content (AvgIpc) is 3.06. The summed E-state index contributed by atoms with van der Waals surface area (Å²) in [4.78, 5) is 24.0. The molecule has 0 atom stereocenters. The van der Waals surface area contributed by atoms with E-state index >= 15 is 0 Å². The number of anilines is 2. The van der Waals surface area contributed by atoms with Gasteiger partial charge in [-0.3, -0.25) is 13.9 Å². The molecule has 1 aromatic heterocycles. The van der Waals surface area contributed by atoms with Gasteiger partial charge in [-0.2, -0.15) is 0 Å². The predicted molar refractivity (Wildman–Crippen MR) is 71.9 cm³/mol. The van der Waals surface area contributed by atoms with Gasteiger partial charge in [0.1, 0.15) is 11.5 Å². The topological polar surface area (TPSA) is 82.0 Å². The van der Waals surface area contributed by atoms with Crippen molar-refractivity contribution in [3.05, 3.63) is 20.8 Å². The van der Waals surface area contributed by atoms with E-state index in [1.54, 1.807) is 0 Å². The SMILES string of the molecule is CCCn1c(N)c(NC2(C)CC2)c(=O)n(C)c1=O. The molecule has 0 unspecified atom stereocenters. The minimum Gasteiger partial charge on any atom is -0.383 e. The number of nitrogens with zero attached hydrogens (tertiary/aromatic N) is 2. The highest BCUT2D eigenvalue weighted by Crippen LogP contribution is 2.38. The first kappa shape index (κ1) is 12.7. The first-order valence-corrected chi connectivity index (χ1v) is 6.27. The Morgan fingerprint density at radius 1 is 1.39 bits per heavy atom. The van der Waals surface area contributed by atoms with Crippen molar-refractivity contribution in [1.82, 2.24) is 9.13 Å². The molecule has 6 heteroatoms. The maximum atomic E-state index is 12.1. The molecule has 2 rings (SSSR count). The number of nitrogens with two attached hydrogens (primary N) is 1. The van der Waals surface area contributed by atoms with Crippen molar-refractivity contribution in [2.45, 2.75) is 45.2 Å². The molecule has 0 aromatic carbocycles. The monoisotopic (exact) mass is 252 g/mol. The molecule has 1 aromatic rings. The summed E-state index contributed by atoms with van der Waals surface area (Å²) in [5.74, 6) is 0.248. The second-order valence-electron chi connectivity index (χ2n) is 5.24. The third kappa shape index (κ3) is 2.02. The molecular formula is C12H20N4O2. The predicted octanol–water partition coefficient (Wildman–Crippen LogP) is 0.504. The molecule has 1 fully saturated rings. The minimum absolute atomic E-state index is 0.0469. The van der Waals surface area contributed by atoms with Crippen LogP contribution in [0.15, 0.2) is 9.59 Å². The van der Waals surface area contributed by atoms with Crippen LogP contribution in [0, 0.1) is 0 Å². The van der Waals surface area contributed by atoms with Gasteiger partial charge in [0.2, 0.25) is 0 Å².